The molecule has 0 radical (unpaired) electrons. The molecule has 0 spiro atoms. The molecule has 0 aromatic carbocycles. The van der Waals surface area contributed by atoms with Crippen LogP contribution >= 0.6 is 0 Å². The molecule has 1 N–H and O–H groups in total. The average Bonchev–Trinajstić information content (AvgIpc) is 3.06. The van der Waals surface area contributed by atoms with E-state index in [9.17, 15) is 4.79 Å². The highest BCUT2D eigenvalue weighted by Gasteiger charge is 2.22. The maximum absolute atomic E-state index is 12.1. The Morgan fingerprint density at radius 3 is 3.05 bits per heavy atom. The molecular weight excluding hydrogens is 242 g/mol. The van der Waals surface area contributed by atoms with Gasteiger partial charge in [-0.15, -0.1) is 0 Å². The van der Waals surface area contributed by atoms with Crippen molar-refractivity contribution < 1.29 is 4.79 Å². The lowest BCUT2D eigenvalue weighted by molar-refractivity contribution is 0.0829. The molecule has 0 aliphatic carbocycles. The van der Waals surface area contributed by atoms with Gasteiger partial charge in [0.1, 0.15) is 5.56 Å². The zero-order chi connectivity index (χ0) is 13.4. The summed E-state index contributed by atoms with van der Waals surface area (Å²) in [5, 5.41) is 7.69. The van der Waals surface area contributed by atoms with Crippen molar-refractivity contribution in [3.63, 3.8) is 0 Å². The van der Waals surface area contributed by atoms with E-state index in [1.54, 1.807) is 35.9 Å². The van der Waals surface area contributed by atoms with Gasteiger partial charge in [0.2, 0.25) is 0 Å². The molecule has 1 saturated heterocycles. The second-order valence-corrected chi connectivity index (χ2v) is 5.05. The van der Waals surface area contributed by atoms with E-state index in [1.165, 1.54) is 0 Å². The summed E-state index contributed by atoms with van der Waals surface area (Å²) in [6, 6.07) is 1.99. The molecule has 1 aliphatic rings. The molecule has 3 heterocycles. The van der Waals surface area contributed by atoms with Crippen molar-refractivity contribution in [3.05, 3.63) is 29.7 Å². The fourth-order valence-electron chi connectivity index (χ4n) is 2.52. The number of nitrogens with zero attached hydrogens (tertiary/aromatic N) is 4. The van der Waals surface area contributed by atoms with Crippen molar-refractivity contribution in [1.29, 1.82) is 0 Å². The van der Waals surface area contributed by atoms with E-state index >= 15 is 0 Å². The third-order valence-electron chi connectivity index (χ3n) is 3.55. The Balaban J connectivity index is 2.10. The van der Waals surface area contributed by atoms with Gasteiger partial charge in [0.25, 0.3) is 5.91 Å². The molecule has 1 fully saturated rings. The van der Waals surface area contributed by atoms with Crippen LogP contribution < -0.4 is 5.32 Å². The zero-order valence-electron chi connectivity index (χ0n) is 11.1. The standard InChI is InChI=1S/C13H17N5O/c1-17(2)13(19)10-8-16-18-11(4-6-15-12(10)18)9-3-5-14-7-9/h4,6,8-9,14H,3,5,7H2,1-2H3/t9-/m1/s1. The largest absolute Gasteiger partial charge is 0.345 e. The van der Waals surface area contributed by atoms with Crippen LogP contribution in [0, 0.1) is 0 Å². The summed E-state index contributed by atoms with van der Waals surface area (Å²) < 4.78 is 1.80. The van der Waals surface area contributed by atoms with Gasteiger partial charge in [-0.05, 0) is 19.0 Å². The first kappa shape index (κ1) is 12.1. The number of carbonyl (C=O) groups excluding carboxylic acids is 1. The lowest BCUT2D eigenvalue weighted by Gasteiger charge is -2.11. The normalized spacial score (nSPS) is 18.9. The minimum Gasteiger partial charge on any atom is -0.345 e. The van der Waals surface area contributed by atoms with Crippen LogP contribution in [0.25, 0.3) is 5.65 Å². The number of hydrogen-bond acceptors (Lipinski definition) is 4. The van der Waals surface area contributed by atoms with Gasteiger partial charge in [0, 0.05) is 32.8 Å². The van der Waals surface area contributed by atoms with Gasteiger partial charge in [-0.1, -0.05) is 0 Å². The summed E-state index contributed by atoms with van der Waals surface area (Å²) in [6.07, 6.45) is 4.46. The monoisotopic (exact) mass is 259 g/mol. The molecule has 6 heteroatoms. The molecule has 100 valence electrons. The molecular formula is C13H17N5O. The van der Waals surface area contributed by atoms with Gasteiger partial charge in [-0.2, -0.15) is 5.10 Å². The van der Waals surface area contributed by atoms with E-state index < -0.39 is 0 Å². The predicted molar refractivity (Wildman–Crippen MR) is 71.2 cm³/mol. The number of carbonyl (C=O) groups is 1. The van der Waals surface area contributed by atoms with Crippen molar-refractivity contribution in [3.8, 4) is 0 Å². The van der Waals surface area contributed by atoms with E-state index in [2.05, 4.69) is 15.4 Å². The van der Waals surface area contributed by atoms with Gasteiger partial charge in [0.05, 0.1) is 11.9 Å². The van der Waals surface area contributed by atoms with Crippen molar-refractivity contribution in [2.45, 2.75) is 12.3 Å². The van der Waals surface area contributed by atoms with Crippen molar-refractivity contribution in [1.82, 2.24) is 24.8 Å². The van der Waals surface area contributed by atoms with E-state index in [-0.39, 0.29) is 5.91 Å². The Bertz CT molecular complexity index is 613. The summed E-state index contributed by atoms with van der Waals surface area (Å²) in [5.41, 5.74) is 2.31. The Morgan fingerprint density at radius 1 is 1.53 bits per heavy atom. The minimum atomic E-state index is -0.0656. The lowest BCUT2D eigenvalue weighted by Crippen LogP contribution is -2.21. The zero-order valence-corrected chi connectivity index (χ0v) is 11.1. The number of aromatic nitrogens is 3. The van der Waals surface area contributed by atoms with Crippen LogP contribution in [-0.2, 0) is 0 Å². The van der Waals surface area contributed by atoms with Crippen LogP contribution in [-0.4, -0.2) is 52.6 Å². The van der Waals surface area contributed by atoms with Crippen LogP contribution in [0.15, 0.2) is 18.5 Å². The smallest absolute Gasteiger partial charge is 0.258 e. The van der Waals surface area contributed by atoms with Crippen LogP contribution in [0.2, 0.25) is 0 Å². The molecule has 2 aromatic rings. The second kappa shape index (κ2) is 4.62. The Labute approximate surface area is 111 Å². The molecule has 1 aliphatic heterocycles. The highest BCUT2D eigenvalue weighted by atomic mass is 16.2. The van der Waals surface area contributed by atoms with E-state index in [4.69, 9.17) is 0 Å². The van der Waals surface area contributed by atoms with Crippen LogP contribution in [0.4, 0.5) is 0 Å². The van der Waals surface area contributed by atoms with Crippen molar-refractivity contribution in [2.75, 3.05) is 27.2 Å². The number of hydrogen-bond donors (Lipinski definition) is 1. The van der Waals surface area contributed by atoms with Gasteiger partial charge in [-0.3, -0.25) is 4.79 Å². The number of rotatable bonds is 2. The number of amides is 1. The summed E-state index contributed by atoms with van der Waals surface area (Å²) in [7, 11) is 3.47. The summed E-state index contributed by atoms with van der Waals surface area (Å²) in [4.78, 5) is 17.9. The highest BCUT2D eigenvalue weighted by Crippen LogP contribution is 2.23. The first-order valence-electron chi connectivity index (χ1n) is 6.43. The second-order valence-electron chi connectivity index (χ2n) is 5.05. The van der Waals surface area contributed by atoms with E-state index in [0.29, 0.717) is 17.1 Å². The van der Waals surface area contributed by atoms with Gasteiger partial charge in [0.15, 0.2) is 5.65 Å². The molecule has 0 bridgehead atoms. The minimum absolute atomic E-state index is 0.0656. The first-order chi connectivity index (χ1) is 9.18. The van der Waals surface area contributed by atoms with Gasteiger partial charge in [-0.25, -0.2) is 9.50 Å². The van der Waals surface area contributed by atoms with Crippen LogP contribution in [0.1, 0.15) is 28.4 Å². The third kappa shape index (κ3) is 1.98. The van der Waals surface area contributed by atoms with Gasteiger partial charge < -0.3 is 10.2 Å². The number of nitrogens with one attached hydrogen (secondary N) is 1. The SMILES string of the molecule is CN(C)C(=O)c1cnn2c([C@@H]3CCNC3)ccnc12. The van der Waals surface area contributed by atoms with Crippen LogP contribution in [0.3, 0.4) is 0 Å². The molecule has 3 rings (SSSR count). The first-order valence-corrected chi connectivity index (χ1v) is 6.43. The molecule has 0 saturated carbocycles. The van der Waals surface area contributed by atoms with Crippen LogP contribution in [0.5, 0.6) is 0 Å². The molecule has 6 nitrogen and oxygen atoms in total. The van der Waals surface area contributed by atoms with E-state index in [0.717, 1.165) is 25.2 Å². The van der Waals surface area contributed by atoms with Gasteiger partial charge >= 0.3 is 0 Å². The fraction of sp³-hybridized carbons (Fsp3) is 0.462. The molecule has 0 unspecified atom stereocenters. The lowest BCUT2D eigenvalue weighted by atomic mass is 10.0. The Hall–Kier alpha value is -1.95. The average molecular weight is 259 g/mol. The fourth-order valence-corrected chi connectivity index (χ4v) is 2.52. The molecule has 1 amide bonds. The quantitative estimate of drug-likeness (QED) is 0.853. The summed E-state index contributed by atoms with van der Waals surface area (Å²) in [6.45, 7) is 1.98. The summed E-state index contributed by atoms with van der Waals surface area (Å²) in [5.74, 6) is 0.372. The topological polar surface area (TPSA) is 62.5 Å². The Kier molecular flexibility index (Phi) is 2.94. The van der Waals surface area contributed by atoms with Crippen molar-refractivity contribution in [2.24, 2.45) is 0 Å². The predicted octanol–water partition coefficient (Wildman–Crippen LogP) is 0.508. The van der Waals surface area contributed by atoms with E-state index in [1.807, 2.05) is 6.07 Å². The highest BCUT2D eigenvalue weighted by molar-refractivity contribution is 5.99. The summed E-state index contributed by atoms with van der Waals surface area (Å²) >= 11 is 0. The third-order valence-corrected chi connectivity index (χ3v) is 3.55. The maximum atomic E-state index is 12.1. The molecule has 1 atom stereocenters. The maximum Gasteiger partial charge on any atom is 0.258 e. The van der Waals surface area contributed by atoms with Crippen molar-refractivity contribution >= 4 is 11.6 Å². The molecule has 19 heavy (non-hydrogen) atoms. The number of fused-ring (bicyclic) bond motifs is 1. The molecule has 2 aromatic heterocycles. The Morgan fingerprint density at radius 2 is 2.37 bits per heavy atom.